The van der Waals surface area contributed by atoms with Crippen molar-refractivity contribution in [2.45, 2.75) is 135 Å². The van der Waals surface area contributed by atoms with Gasteiger partial charge >= 0.3 is 0 Å². The summed E-state index contributed by atoms with van der Waals surface area (Å²) < 4.78 is 38.9. The summed E-state index contributed by atoms with van der Waals surface area (Å²) in [5.74, 6) is 0. The molecule has 7 heteroatoms. The summed E-state index contributed by atoms with van der Waals surface area (Å²) >= 11 is 0. The van der Waals surface area contributed by atoms with Crippen molar-refractivity contribution in [3.8, 4) is 0 Å². The van der Waals surface area contributed by atoms with Crippen LogP contribution in [0.15, 0.2) is 0 Å². The van der Waals surface area contributed by atoms with Crippen molar-refractivity contribution in [3.63, 3.8) is 0 Å². The number of hydrogen-bond donors (Lipinski definition) is 0. The molecule has 0 aromatic rings. The predicted octanol–water partition coefficient (Wildman–Crippen LogP) is 7.87. The predicted molar refractivity (Wildman–Crippen MR) is 163 cm³/mol. The molecular weight excluding hydrogens is 508 g/mol. The van der Waals surface area contributed by atoms with E-state index in [2.05, 4.69) is 6.92 Å². The minimum Gasteiger partial charge on any atom is -0.379 e. The standard InChI is InChI=1S/C33H66O7/c1-2-3-4-5-6-7-8-9-10-11-12-13-14-15-16-18-21-34-23-24-35-25-26-36-27-28-37-29-30-38-31-32-40-33-20-17-19-22-39-33/h33H,2-32H2,1H3. The first-order valence-corrected chi connectivity index (χ1v) is 17.1. The highest BCUT2D eigenvalue weighted by molar-refractivity contribution is 4.54. The van der Waals surface area contributed by atoms with Gasteiger partial charge in [-0.15, -0.1) is 0 Å². The van der Waals surface area contributed by atoms with Crippen molar-refractivity contribution in [1.82, 2.24) is 0 Å². The smallest absolute Gasteiger partial charge is 0.157 e. The summed E-state index contributed by atoms with van der Waals surface area (Å²) in [6, 6.07) is 0. The fourth-order valence-corrected chi connectivity index (χ4v) is 4.82. The molecule has 0 aromatic carbocycles. The van der Waals surface area contributed by atoms with Gasteiger partial charge in [-0.3, -0.25) is 0 Å². The van der Waals surface area contributed by atoms with E-state index in [-0.39, 0.29) is 6.29 Å². The molecule has 1 heterocycles. The molecule has 0 bridgehead atoms. The van der Waals surface area contributed by atoms with Gasteiger partial charge in [0.15, 0.2) is 6.29 Å². The van der Waals surface area contributed by atoms with Crippen LogP contribution in [0.3, 0.4) is 0 Å². The molecule has 1 rings (SSSR count). The lowest BCUT2D eigenvalue weighted by Gasteiger charge is -2.22. The molecule has 240 valence electrons. The van der Waals surface area contributed by atoms with E-state index in [9.17, 15) is 0 Å². The minimum absolute atomic E-state index is 0.0456. The van der Waals surface area contributed by atoms with Gasteiger partial charge in [0.1, 0.15) is 0 Å². The van der Waals surface area contributed by atoms with Gasteiger partial charge < -0.3 is 33.2 Å². The summed E-state index contributed by atoms with van der Waals surface area (Å²) in [5, 5.41) is 0. The van der Waals surface area contributed by atoms with E-state index in [1.807, 2.05) is 0 Å². The van der Waals surface area contributed by atoms with Crippen LogP contribution >= 0.6 is 0 Å². The number of ether oxygens (including phenoxy) is 7. The zero-order valence-corrected chi connectivity index (χ0v) is 26.4. The van der Waals surface area contributed by atoms with Gasteiger partial charge in [0, 0.05) is 13.2 Å². The van der Waals surface area contributed by atoms with Crippen molar-refractivity contribution in [1.29, 1.82) is 0 Å². The highest BCUT2D eigenvalue weighted by Crippen LogP contribution is 2.14. The molecule has 1 unspecified atom stereocenters. The highest BCUT2D eigenvalue weighted by Gasteiger charge is 2.13. The summed E-state index contributed by atoms with van der Waals surface area (Å²) in [7, 11) is 0. The largest absolute Gasteiger partial charge is 0.379 e. The molecule has 0 aromatic heterocycles. The van der Waals surface area contributed by atoms with Gasteiger partial charge in [0.25, 0.3) is 0 Å². The Morgan fingerprint density at radius 3 is 1.20 bits per heavy atom. The monoisotopic (exact) mass is 574 g/mol. The van der Waals surface area contributed by atoms with Gasteiger partial charge in [0.2, 0.25) is 0 Å². The fourth-order valence-electron chi connectivity index (χ4n) is 4.82. The lowest BCUT2D eigenvalue weighted by molar-refractivity contribution is -0.169. The molecule has 1 fully saturated rings. The molecule has 0 aliphatic carbocycles. The molecule has 0 radical (unpaired) electrons. The summed E-state index contributed by atoms with van der Waals surface area (Å²) in [6.07, 6.45) is 25.6. The number of unbranched alkanes of at least 4 members (excludes halogenated alkanes) is 15. The van der Waals surface area contributed by atoms with E-state index in [1.54, 1.807) is 0 Å². The first kappa shape index (κ1) is 37.7. The quantitative estimate of drug-likeness (QED) is 0.0739. The lowest BCUT2D eigenvalue weighted by atomic mass is 10.0. The van der Waals surface area contributed by atoms with Crippen LogP contribution < -0.4 is 0 Å². The second-order valence-corrected chi connectivity index (χ2v) is 11.0. The van der Waals surface area contributed by atoms with E-state index in [0.29, 0.717) is 66.1 Å². The molecule has 0 spiro atoms. The zero-order valence-electron chi connectivity index (χ0n) is 26.4. The highest BCUT2D eigenvalue weighted by atomic mass is 16.7. The van der Waals surface area contributed by atoms with E-state index < -0.39 is 0 Å². The van der Waals surface area contributed by atoms with Crippen LogP contribution in [0.25, 0.3) is 0 Å². The van der Waals surface area contributed by atoms with Crippen LogP contribution in [0.1, 0.15) is 129 Å². The van der Waals surface area contributed by atoms with Crippen LogP contribution in [0.2, 0.25) is 0 Å². The molecule has 1 saturated heterocycles. The molecule has 0 saturated carbocycles. The molecule has 0 amide bonds. The fraction of sp³-hybridized carbons (Fsp3) is 1.00. The van der Waals surface area contributed by atoms with Crippen molar-refractivity contribution in [3.05, 3.63) is 0 Å². The van der Waals surface area contributed by atoms with Crippen LogP contribution in [-0.4, -0.2) is 85.6 Å². The second kappa shape index (κ2) is 33.2. The van der Waals surface area contributed by atoms with Gasteiger partial charge in [-0.2, -0.15) is 0 Å². The average Bonchev–Trinajstić information content (AvgIpc) is 2.98. The SMILES string of the molecule is CCCCCCCCCCCCCCCCCCOCCOCCOCCOCCOCCOC1CCCCO1. The lowest BCUT2D eigenvalue weighted by Crippen LogP contribution is -2.24. The number of rotatable bonds is 33. The Kier molecular flexibility index (Phi) is 31.4. The van der Waals surface area contributed by atoms with Gasteiger partial charge in [-0.1, -0.05) is 103 Å². The Balaban J connectivity index is 1.60. The molecule has 0 N–H and O–H groups in total. The Morgan fingerprint density at radius 2 is 0.800 bits per heavy atom. The van der Waals surface area contributed by atoms with E-state index >= 15 is 0 Å². The molecule has 40 heavy (non-hydrogen) atoms. The van der Waals surface area contributed by atoms with E-state index in [4.69, 9.17) is 33.2 Å². The Labute approximate surface area is 247 Å². The molecule has 1 atom stereocenters. The van der Waals surface area contributed by atoms with Crippen LogP contribution in [0.5, 0.6) is 0 Å². The summed E-state index contributed by atoms with van der Waals surface area (Å²) in [5.41, 5.74) is 0. The van der Waals surface area contributed by atoms with Crippen LogP contribution in [-0.2, 0) is 33.2 Å². The topological polar surface area (TPSA) is 64.6 Å². The van der Waals surface area contributed by atoms with Crippen molar-refractivity contribution in [2.24, 2.45) is 0 Å². The third-order valence-corrected chi connectivity index (χ3v) is 7.30. The maximum absolute atomic E-state index is 5.68. The molecular formula is C33H66O7. The first-order chi connectivity index (χ1) is 19.9. The summed E-state index contributed by atoms with van der Waals surface area (Å²) in [4.78, 5) is 0. The Bertz CT molecular complexity index is 460. The third-order valence-electron chi connectivity index (χ3n) is 7.30. The van der Waals surface area contributed by atoms with E-state index in [1.165, 1.54) is 103 Å². The molecule has 1 aliphatic heterocycles. The van der Waals surface area contributed by atoms with Crippen molar-refractivity contribution < 1.29 is 33.2 Å². The Morgan fingerprint density at radius 1 is 0.425 bits per heavy atom. The van der Waals surface area contributed by atoms with Gasteiger partial charge in [-0.25, -0.2) is 0 Å². The van der Waals surface area contributed by atoms with Gasteiger partial charge in [-0.05, 0) is 25.7 Å². The maximum atomic E-state index is 5.68. The third kappa shape index (κ3) is 29.2. The van der Waals surface area contributed by atoms with E-state index in [0.717, 1.165) is 32.5 Å². The molecule has 1 aliphatic rings. The van der Waals surface area contributed by atoms with Crippen LogP contribution in [0, 0.1) is 0 Å². The second-order valence-electron chi connectivity index (χ2n) is 11.0. The minimum atomic E-state index is -0.0456. The number of hydrogen-bond acceptors (Lipinski definition) is 7. The van der Waals surface area contributed by atoms with Crippen LogP contribution in [0.4, 0.5) is 0 Å². The maximum Gasteiger partial charge on any atom is 0.157 e. The normalized spacial score (nSPS) is 15.7. The van der Waals surface area contributed by atoms with Gasteiger partial charge in [0.05, 0.1) is 66.1 Å². The zero-order chi connectivity index (χ0) is 28.4. The average molecular weight is 575 g/mol. The van der Waals surface area contributed by atoms with Crippen molar-refractivity contribution >= 4 is 0 Å². The summed E-state index contributed by atoms with van der Waals surface area (Å²) in [6.45, 7) is 9.83. The van der Waals surface area contributed by atoms with Crippen molar-refractivity contribution in [2.75, 3.05) is 79.3 Å². The first-order valence-electron chi connectivity index (χ1n) is 17.1. The molecule has 7 nitrogen and oxygen atoms in total. The Hall–Kier alpha value is -0.280.